The van der Waals surface area contributed by atoms with Crippen molar-refractivity contribution in [2.75, 3.05) is 25.6 Å². The first-order valence-corrected chi connectivity index (χ1v) is 12.2. The number of aryl methyl sites for hydroxylation is 3. The van der Waals surface area contributed by atoms with Crippen molar-refractivity contribution in [2.45, 2.75) is 31.6 Å². The number of anilines is 1. The summed E-state index contributed by atoms with van der Waals surface area (Å²) in [4.78, 5) is 12.5. The van der Waals surface area contributed by atoms with Gasteiger partial charge in [0.25, 0.3) is 10.0 Å². The van der Waals surface area contributed by atoms with E-state index in [9.17, 15) is 13.2 Å². The zero-order chi connectivity index (χ0) is 24.9. The molecule has 0 N–H and O–H groups in total. The molecule has 3 rings (SSSR count). The maximum atomic E-state index is 13.0. The van der Waals surface area contributed by atoms with Gasteiger partial charge in [-0.3, -0.25) is 9.10 Å². The summed E-state index contributed by atoms with van der Waals surface area (Å²) in [7, 11) is 0.910. The molecule has 0 atom stereocenters. The molecule has 0 heterocycles. The van der Waals surface area contributed by atoms with Crippen LogP contribution < -0.4 is 18.5 Å². The highest BCUT2D eigenvalue weighted by Crippen LogP contribution is 2.28. The average Bonchev–Trinajstić information content (AvgIpc) is 2.84. The normalized spacial score (nSPS) is 11.1. The number of nitrogens with zero attached hydrogens (tertiary/aromatic N) is 1. The van der Waals surface area contributed by atoms with Crippen LogP contribution in [0.2, 0.25) is 0 Å². The van der Waals surface area contributed by atoms with Gasteiger partial charge in [0.2, 0.25) is 0 Å². The Bertz CT molecular complexity index is 1270. The van der Waals surface area contributed by atoms with Gasteiger partial charge in [0, 0.05) is 13.5 Å². The molecule has 0 aliphatic rings. The van der Waals surface area contributed by atoms with Crippen molar-refractivity contribution < 1.29 is 27.4 Å². The van der Waals surface area contributed by atoms with E-state index in [2.05, 4.69) is 0 Å². The minimum atomic E-state index is -3.71. The molecule has 0 amide bonds. The second-order valence-electron chi connectivity index (χ2n) is 7.88. The number of carbonyl (C=O) groups is 1. The third-order valence-corrected chi connectivity index (χ3v) is 7.42. The quantitative estimate of drug-likeness (QED) is 0.325. The Morgan fingerprint density at radius 2 is 1.53 bits per heavy atom. The van der Waals surface area contributed by atoms with Gasteiger partial charge in [0.1, 0.15) is 5.75 Å². The van der Waals surface area contributed by atoms with E-state index < -0.39 is 16.0 Å². The summed E-state index contributed by atoms with van der Waals surface area (Å²) in [5, 5.41) is 0. The van der Waals surface area contributed by atoms with Crippen molar-refractivity contribution in [1.82, 2.24) is 0 Å². The van der Waals surface area contributed by atoms with E-state index in [1.165, 1.54) is 11.4 Å². The molecule has 0 aromatic heterocycles. The maximum absolute atomic E-state index is 13.0. The Balaban J connectivity index is 1.62. The van der Waals surface area contributed by atoms with Gasteiger partial charge in [-0.15, -0.1) is 0 Å². The average molecular weight is 484 g/mol. The lowest BCUT2D eigenvalue weighted by Gasteiger charge is -2.20. The van der Waals surface area contributed by atoms with Crippen LogP contribution >= 0.6 is 0 Å². The number of carbonyl (C=O) groups excluding carboxylic acids is 1. The molecule has 0 saturated carbocycles. The van der Waals surface area contributed by atoms with Gasteiger partial charge >= 0.3 is 5.97 Å². The van der Waals surface area contributed by atoms with Crippen molar-refractivity contribution in [3.05, 3.63) is 77.4 Å². The summed E-state index contributed by atoms with van der Waals surface area (Å²) in [6.07, 6.45) is 0.659. The largest absolute Gasteiger partial charge is 0.493 e. The summed E-state index contributed by atoms with van der Waals surface area (Å²) < 4.78 is 43.1. The minimum absolute atomic E-state index is 0.179. The topological polar surface area (TPSA) is 82.1 Å². The second kappa shape index (κ2) is 10.6. The smallest absolute Gasteiger partial charge is 0.311 e. The van der Waals surface area contributed by atoms with E-state index in [1.54, 1.807) is 62.8 Å². The van der Waals surface area contributed by atoms with Crippen LogP contribution in [0.4, 0.5) is 5.69 Å². The molecule has 0 aliphatic carbocycles. The molecule has 0 spiro atoms. The van der Waals surface area contributed by atoms with Gasteiger partial charge in [-0.05, 0) is 85.5 Å². The summed E-state index contributed by atoms with van der Waals surface area (Å²) in [5.41, 5.74) is 3.31. The molecule has 34 heavy (non-hydrogen) atoms. The van der Waals surface area contributed by atoms with Crippen molar-refractivity contribution in [3.8, 4) is 17.2 Å². The van der Waals surface area contributed by atoms with Crippen molar-refractivity contribution >= 4 is 21.7 Å². The first-order chi connectivity index (χ1) is 16.1. The zero-order valence-corrected chi connectivity index (χ0v) is 20.8. The van der Waals surface area contributed by atoms with Crippen molar-refractivity contribution in [1.29, 1.82) is 0 Å². The number of esters is 1. The monoisotopic (exact) mass is 483 g/mol. The third-order valence-electron chi connectivity index (χ3n) is 5.63. The third kappa shape index (κ3) is 5.69. The maximum Gasteiger partial charge on any atom is 0.311 e. The van der Waals surface area contributed by atoms with Crippen LogP contribution in [0, 0.1) is 13.8 Å². The highest BCUT2D eigenvalue weighted by molar-refractivity contribution is 7.92. The van der Waals surface area contributed by atoms with E-state index >= 15 is 0 Å². The molecule has 0 bridgehead atoms. The Kier molecular flexibility index (Phi) is 7.83. The SMILES string of the molecule is COc1ccc(CCC(=O)Oc2ccc(N(C)S(=O)(=O)c3ccc(C)c(C)c3)cc2)cc1OC. The number of hydrogen-bond acceptors (Lipinski definition) is 6. The van der Waals surface area contributed by atoms with Crippen LogP contribution in [-0.4, -0.2) is 35.7 Å². The van der Waals surface area contributed by atoms with E-state index in [-0.39, 0.29) is 11.3 Å². The van der Waals surface area contributed by atoms with Crippen LogP contribution in [0.5, 0.6) is 17.2 Å². The minimum Gasteiger partial charge on any atom is -0.493 e. The molecular weight excluding hydrogens is 454 g/mol. The Morgan fingerprint density at radius 1 is 0.853 bits per heavy atom. The lowest BCUT2D eigenvalue weighted by atomic mass is 10.1. The van der Waals surface area contributed by atoms with Crippen molar-refractivity contribution in [2.24, 2.45) is 0 Å². The molecule has 0 radical (unpaired) electrons. The predicted octanol–water partition coefficient (Wildman–Crippen LogP) is 4.68. The number of methoxy groups -OCH3 is 2. The lowest BCUT2D eigenvalue weighted by Crippen LogP contribution is -2.26. The standard InChI is InChI=1S/C26H29NO6S/c1-18-6-13-23(16-19(18)2)34(29,30)27(3)21-9-11-22(12-10-21)33-26(28)15-8-20-7-14-24(31-4)25(17-20)32-5/h6-7,9-14,16-17H,8,15H2,1-5H3. The summed E-state index contributed by atoms with van der Waals surface area (Å²) >= 11 is 0. The summed E-state index contributed by atoms with van der Waals surface area (Å²) in [5.74, 6) is 1.18. The fraction of sp³-hybridized carbons (Fsp3) is 0.269. The molecule has 0 fully saturated rings. The number of rotatable bonds is 9. The van der Waals surface area contributed by atoms with E-state index in [1.807, 2.05) is 26.0 Å². The molecule has 8 heteroatoms. The molecule has 3 aromatic rings. The van der Waals surface area contributed by atoms with E-state index in [0.29, 0.717) is 29.4 Å². The fourth-order valence-electron chi connectivity index (χ4n) is 3.36. The zero-order valence-electron chi connectivity index (χ0n) is 20.0. The van der Waals surface area contributed by atoms with E-state index in [4.69, 9.17) is 14.2 Å². The van der Waals surface area contributed by atoms with Crippen LogP contribution in [0.25, 0.3) is 0 Å². The van der Waals surface area contributed by atoms with Gasteiger partial charge in [-0.1, -0.05) is 12.1 Å². The first-order valence-electron chi connectivity index (χ1n) is 10.7. The lowest BCUT2D eigenvalue weighted by molar-refractivity contribution is -0.134. The van der Waals surface area contributed by atoms with Gasteiger partial charge in [-0.2, -0.15) is 0 Å². The van der Waals surface area contributed by atoms with Crippen LogP contribution in [0.3, 0.4) is 0 Å². The van der Waals surface area contributed by atoms with E-state index in [0.717, 1.165) is 16.7 Å². The van der Waals surface area contributed by atoms with Crippen LogP contribution in [0.15, 0.2) is 65.6 Å². The second-order valence-corrected chi connectivity index (χ2v) is 9.85. The molecule has 0 unspecified atom stereocenters. The molecular formula is C26H29NO6S. The molecule has 0 aliphatic heterocycles. The van der Waals surface area contributed by atoms with Gasteiger partial charge in [0.15, 0.2) is 11.5 Å². The number of sulfonamides is 1. The van der Waals surface area contributed by atoms with Crippen LogP contribution in [-0.2, 0) is 21.2 Å². The molecule has 7 nitrogen and oxygen atoms in total. The van der Waals surface area contributed by atoms with Gasteiger partial charge in [0.05, 0.1) is 24.8 Å². The molecule has 3 aromatic carbocycles. The highest BCUT2D eigenvalue weighted by atomic mass is 32.2. The summed E-state index contributed by atoms with van der Waals surface area (Å²) in [6.45, 7) is 3.81. The number of ether oxygens (including phenoxy) is 3. The highest BCUT2D eigenvalue weighted by Gasteiger charge is 2.22. The molecule has 0 saturated heterocycles. The first kappa shape index (κ1) is 25.1. The predicted molar refractivity (Wildman–Crippen MR) is 131 cm³/mol. The number of hydrogen-bond donors (Lipinski definition) is 0. The van der Waals surface area contributed by atoms with Crippen molar-refractivity contribution in [3.63, 3.8) is 0 Å². The van der Waals surface area contributed by atoms with Gasteiger partial charge < -0.3 is 14.2 Å². The Labute approximate surface area is 200 Å². The summed E-state index contributed by atoms with van der Waals surface area (Å²) in [6, 6.07) is 16.9. The fourth-order valence-corrected chi connectivity index (χ4v) is 4.64. The Morgan fingerprint density at radius 3 is 2.15 bits per heavy atom. The van der Waals surface area contributed by atoms with Crippen LogP contribution in [0.1, 0.15) is 23.1 Å². The number of benzene rings is 3. The Hall–Kier alpha value is -3.52. The molecule has 180 valence electrons. The van der Waals surface area contributed by atoms with Gasteiger partial charge in [-0.25, -0.2) is 8.42 Å².